The molecule has 0 fully saturated rings. The monoisotopic (exact) mass is 635 g/mol. The van der Waals surface area contributed by atoms with E-state index in [1.165, 1.54) is 60.2 Å². The Morgan fingerprint density at radius 3 is 2.06 bits per heavy atom. The highest BCUT2D eigenvalue weighted by atomic mass is 28.3. The van der Waals surface area contributed by atoms with E-state index >= 15 is 0 Å². The van der Waals surface area contributed by atoms with Crippen LogP contribution in [0.5, 0.6) is 11.5 Å². The Labute approximate surface area is 283 Å². The average molecular weight is 636 g/mol. The minimum atomic E-state index is -1.92. The van der Waals surface area contributed by atoms with E-state index in [4.69, 9.17) is 4.74 Å². The summed E-state index contributed by atoms with van der Waals surface area (Å²) in [6, 6.07) is 55.6. The van der Waals surface area contributed by atoms with Crippen LogP contribution in [0.15, 0.2) is 152 Å². The maximum Gasteiger partial charge on any atom is 0.127 e. The summed E-state index contributed by atoms with van der Waals surface area (Å²) >= 11 is 0. The molecule has 0 atom stereocenters. The lowest BCUT2D eigenvalue weighted by Crippen LogP contribution is -2.55. The van der Waals surface area contributed by atoms with E-state index in [0.717, 1.165) is 22.9 Å². The molecule has 9 rings (SSSR count). The van der Waals surface area contributed by atoms with Crippen molar-refractivity contribution in [1.82, 2.24) is 0 Å². The second-order valence-corrected chi connectivity index (χ2v) is 18.5. The Bertz CT molecular complexity index is 2380. The average Bonchev–Trinajstić information content (AvgIpc) is 3.34. The van der Waals surface area contributed by atoms with Gasteiger partial charge in [0.1, 0.15) is 19.6 Å². The quantitative estimate of drug-likeness (QED) is 0.178. The van der Waals surface area contributed by atoms with Gasteiger partial charge in [0.15, 0.2) is 0 Å². The second kappa shape index (κ2) is 10.6. The van der Waals surface area contributed by atoms with Gasteiger partial charge >= 0.3 is 0 Å². The number of benzene rings is 7. The first-order chi connectivity index (χ1) is 23.3. The molecule has 232 valence electrons. The summed E-state index contributed by atoms with van der Waals surface area (Å²) < 4.78 is 6.38. The summed E-state index contributed by atoms with van der Waals surface area (Å²) in [6.07, 6.45) is 0. The van der Waals surface area contributed by atoms with Crippen molar-refractivity contribution in [3.05, 3.63) is 163 Å². The van der Waals surface area contributed by atoms with Gasteiger partial charge in [-0.25, -0.2) is 0 Å². The normalized spacial score (nSPS) is 14.8. The zero-order valence-corrected chi connectivity index (χ0v) is 28.8. The molecule has 7 aromatic carbocycles. The summed E-state index contributed by atoms with van der Waals surface area (Å²) in [6.45, 7) is 9.56. The van der Waals surface area contributed by atoms with Crippen LogP contribution < -0.4 is 20.0 Å². The molecule has 0 unspecified atom stereocenters. The first-order valence-electron chi connectivity index (χ1n) is 16.9. The number of nitrogens with zero attached hydrogens (tertiary/aromatic N) is 1. The molecule has 1 aliphatic heterocycles. The van der Waals surface area contributed by atoms with Crippen LogP contribution in [0.3, 0.4) is 0 Å². The predicted octanol–water partition coefficient (Wildman–Crippen LogP) is 11.2. The van der Waals surface area contributed by atoms with Crippen LogP contribution >= 0.6 is 0 Å². The maximum atomic E-state index is 6.38. The molecule has 1 heterocycles. The number of hydrogen-bond acceptors (Lipinski definition) is 2. The lowest BCUT2D eigenvalue weighted by Gasteiger charge is -2.33. The number of hydrogen-bond donors (Lipinski definition) is 0. The van der Waals surface area contributed by atoms with Crippen molar-refractivity contribution in [1.29, 1.82) is 0 Å². The van der Waals surface area contributed by atoms with Crippen LogP contribution in [-0.2, 0) is 5.41 Å². The van der Waals surface area contributed by atoms with E-state index in [9.17, 15) is 0 Å². The van der Waals surface area contributed by atoms with Gasteiger partial charge < -0.3 is 9.64 Å². The van der Waals surface area contributed by atoms with Crippen LogP contribution in [0.25, 0.3) is 33.0 Å². The third-order valence-corrected chi connectivity index (χ3v) is 14.2. The van der Waals surface area contributed by atoms with Crippen molar-refractivity contribution in [3.63, 3.8) is 0 Å². The first-order valence-corrected chi connectivity index (χ1v) is 19.9. The van der Waals surface area contributed by atoms with E-state index in [1.54, 1.807) is 0 Å². The van der Waals surface area contributed by atoms with Gasteiger partial charge in [0.05, 0.1) is 5.69 Å². The van der Waals surface area contributed by atoms with E-state index < -0.39 is 8.07 Å². The van der Waals surface area contributed by atoms with Crippen LogP contribution in [0, 0.1) is 0 Å². The molecule has 0 bridgehead atoms. The zero-order valence-electron chi connectivity index (χ0n) is 27.8. The van der Waals surface area contributed by atoms with Crippen molar-refractivity contribution in [3.8, 4) is 33.8 Å². The van der Waals surface area contributed by atoms with E-state index in [0.29, 0.717) is 0 Å². The molecular weight excluding hydrogens is 599 g/mol. The molecule has 0 saturated heterocycles. The molecule has 1 aliphatic carbocycles. The third-order valence-electron chi connectivity index (χ3n) is 10.7. The van der Waals surface area contributed by atoms with Gasteiger partial charge in [0.2, 0.25) is 0 Å². The van der Waals surface area contributed by atoms with Crippen molar-refractivity contribution in [2.24, 2.45) is 0 Å². The molecule has 0 spiro atoms. The van der Waals surface area contributed by atoms with Gasteiger partial charge in [-0.05, 0) is 91.6 Å². The molecule has 0 saturated carbocycles. The smallest absolute Gasteiger partial charge is 0.127 e. The summed E-state index contributed by atoms with van der Waals surface area (Å²) in [5, 5.41) is 5.17. The molecule has 0 aromatic heterocycles. The van der Waals surface area contributed by atoms with Crippen LogP contribution in [-0.4, -0.2) is 8.07 Å². The fraction of sp³-hybridized carbons (Fsp3) is 0.111. The van der Waals surface area contributed by atoms with E-state index in [-0.39, 0.29) is 5.41 Å². The maximum absolute atomic E-state index is 6.38. The molecule has 0 amide bonds. The van der Waals surface area contributed by atoms with Crippen LogP contribution in [0.1, 0.15) is 25.0 Å². The minimum absolute atomic E-state index is 0.0794. The number of rotatable bonds is 4. The van der Waals surface area contributed by atoms with Gasteiger partial charge in [0, 0.05) is 22.2 Å². The highest BCUT2D eigenvalue weighted by Gasteiger charge is 2.37. The van der Waals surface area contributed by atoms with Crippen molar-refractivity contribution in [2.75, 3.05) is 4.90 Å². The fourth-order valence-corrected chi connectivity index (χ4v) is 10.9. The van der Waals surface area contributed by atoms with Crippen molar-refractivity contribution in [2.45, 2.75) is 32.4 Å². The topological polar surface area (TPSA) is 12.5 Å². The lowest BCUT2D eigenvalue weighted by atomic mass is 9.82. The predicted molar refractivity (Wildman–Crippen MR) is 205 cm³/mol. The van der Waals surface area contributed by atoms with Crippen molar-refractivity contribution >= 4 is 46.3 Å². The SMILES string of the molecule is CC1(C)c2ccccc2-c2ccc(N(c3ccc(-c4ccc5c(c4)[Si](C)(C)c4ccccc4O5)cc3)c3cccc4ccccc34)cc21. The van der Waals surface area contributed by atoms with Gasteiger partial charge in [-0.2, -0.15) is 0 Å². The summed E-state index contributed by atoms with van der Waals surface area (Å²) in [7, 11) is -1.92. The second-order valence-electron chi connectivity index (χ2n) is 14.2. The Balaban J connectivity index is 1.16. The Morgan fingerprint density at radius 2 is 1.19 bits per heavy atom. The van der Waals surface area contributed by atoms with Gasteiger partial charge in [-0.15, -0.1) is 0 Å². The molecule has 48 heavy (non-hydrogen) atoms. The van der Waals surface area contributed by atoms with E-state index in [1.807, 2.05) is 0 Å². The van der Waals surface area contributed by atoms with Crippen LogP contribution in [0.2, 0.25) is 13.1 Å². The summed E-state index contributed by atoms with van der Waals surface area (Å²) in [4.78, 5) is 2.43. The minimum Gasteiger partial charge on any atom is -0.458 e. The molecule has 0 radical (unpaired) electrons. The van der Waals surface area contributed by atoms with Gasteiger partial charge in [-0.3, -0.25) is 0 Å². The number of para-hydroxylation sites is 1. The van der Waals surface area contributed by atoms with E-state index in [2.05, 4.69) is 184 Å². The molecular formula is C45H37NOSi. The molecule has 2 aliphatic rings. The van der Waals surface area contributed by atoms with Gasteiger partial charge in [-0.1, -0.05) is 136 Å². The van der Waals surface area contributed by atoms with Crippen LogP contribution in [0.4, 0.5) is 17.1 Å². The first kappa shape index (κ1) is 28.8. The highest BCUT2D eigenvalue weighted by Crippen LogP contribution is 2.51. The summed E-state index contributed by atoms with van der Waals surface area (Å²) in [5.74, 6) is 2.00. The number of fused-ring (bicyclic) bond motifs is 6. The standard InChI is InChI=1S/C45H37NOSi/c1-45(2)38-16-8-7-15-36(38)37-26-25-34(29-39(37)45)46(40-17-11-13-31-12-5-6-14-35(31)40)33-23-20-30(21-24-33)32-22-27-42-44(28-32)48(3,4)43-19-10-9-18-41(43)47-42/h5-29H,1-4H3. The number of anilines is 3. The highest BCUT2D eigenvalue weighted by molar-refractivity contribution is 7.01. The summed E-state index contributed by atoms with van der Waals surface area (Å²) in [5.41, 5.74) is 11.2. The molecule has 7 aromatic rings. The van der Waals surface area contributed by atoms with Gasteiger partial charge in [0.25, 0.3) is 0 Å². The Kier molecular flexibility index (Phi) is 6.34. The number of ether oxygens (including phenoxy) is 1. The third kappa shape index (κ3) is 4.31. The molecule has 2 nitrogen and oxygen atoms in total. The molecule has 3 heteroatoms. The zero-order chi connectivity index (χ0) is 32.6. The Morgan fingerprint density at radius 1 is 0.521 bits per heavy atom. The molecule has 0 N–H and O–H groups in total. The Hall–Kier alpha value is -5.38. The van der Waals surface area contributed by atoms with Crippen molar-refractivity contribution < 1.29 is 4.74 Å². The fourth-order valence-electron chi connectivity index (χ4n) is 8.09. The lowest BCUT2D eigenvalue weighted by molar-refractivity contribution is 0.487. The largest absolute Gasteiger partial charge is 0.458 e.